The van der Waals surface area contributed by atoms with E-state index in [0.29, 0.717) is 18.8 Å². The smallest absolute Gasteiger partial charge is 0.311 e. The predicted molar refractivity (Wildman–Crippen MR) is 57.6 cm³/mol. The van der Waals surface area contributed by atoms with Gasteiger partial charge in [-0.15, -0.1) is 0 Å². The zero-order valence-electron chi connectivity index (χ0n) is 9.53. The molecule has 1 rings (SSSR count). The molecule has 2 atom stereocenters. The van der Waals surface area contributed by atoms with E-state index in [2.05, 4.69) is 0 Å². The molecule has 0 spiro atoms. The van der Waals surface area contributed by atoms with Crippen LogP contribution in [-0.4, -0.2) is 30.8 Å². The molecule has 2 unspecified atom stereocenters. The summed E-state index contributed by atoms with van der Waals surface area (Å²) in [5.74, 6) is -0.213. The molecule has 4 nitrogen and oxygen atoms in total. The van der Waals surface area contributed by atoms with E-state index in [-0.39, 0.29) is 12.6 Å². The Bertz CT molecular complexity index is 228. The van der Waals surface area contributed by atoms with Crippen LogP contribution in [-0.2, 0) is 9.53 Å². The molecule has 3 N–H and O–H groups in total. The van der Waals surface area contributed by atoms with Crippen LogP contribution >= 0.6 is 0 Å². The quantitative estimate of drug-likeness (QED) is 0.670. The largest absolute Gasteiger partial charge is 0.481 e. The number of carboxylic acid groups (broad SMARTS) is 1. The monoisotopic (exact) mass is 215 g/mol. The minimum absolute atomic E-state index is 0.0524. The SMILES string of the molecule is COC(C)CC(CN)(CC1CC1)C(=O)O. The maximum absolute atomic E-state index is 11.3. The van der Waals surface area contributed by atoms with Crippen molar-refractivity contribution in [3.63, 3.8) is 0 Å². The normalized spacial score (nSPS) is 22.1. The van der Waals surface area contributed by atoms with E-state index in [1.54, 1.807) is 7.11 Å². The highest BCUT2D eigenvalue weighted by molar-refractivity contribution is 5.75. The summed E-state index contributed by atoms with van der Waals surface area (Å²) in [7, 11) is 1.60. The van der Waals surface area contributed by atoms with Crippen molar-refractivity contribution in [2.24, 2.45) is 17.1 Å². The lowest BCUT2D eigenvalue weighted by Gasteiger charge is -2.30. The first-order valence-corrected chi connectivity index (χ1v) is 5.50. The first-order chi connectivity index (χ1) is 7.04. The molecule has 0 bridgehead atoms. The molecule has 0 aromatic carbocycles. The third-order valence-electron chi connectivity index (χ3n) is 3.30. The summed E-state index contributed by atoms with van der Waals surface area (Å²) in [4.78, 5) is 11.3. The number of methoxy groups -OCH3 is 1. The van der Waals surface area contributed by atoms with Crippen LogP contribution in [0.1, 0.15) is 32.6 Å². The fourth-order valence-corrected chi connectivity index (χ4v) is 2.02. The summed E-state index contributed by atoms with van der Waals surface area (Å²) in [6, 6.07) is 0. The Labute approximate surface area is 90.8 Å². The minimum Gasteiger partial charge on any atom is -0.481 e. The van der Waals surface area contributed by atoms with Gasteiger partial charge in [-0.25, -0.2) is 0 Å². The van der Waals surface area contributed by atoms with Crippen LogP contribution in [0.15, 0.2) is 0 Å². The van der Waals surface area contributed by atoms with Crippen LogP contribution in [0.5, 0.6) is 0 Å². The summed E-state index contributed by atoms with van der Waals surface area (Å²) >= 11 is 0. The maximum atomic E-state index is 11.3. The highest BCUT2D eigenvalue weighted by Gasteiger charge is 2.43. The second-order valence-corrected chi connectivity index (χ2v) is 4.69. The Hall–Kier alpha value is -0.610. The molecule has 0 aromatic rings. The fraction of sp³-hybridized carbons (Fsp3) is 0.909. The summed E-state index contributed by atoms with van der Waals surface area (Å²) in [6.45, 7) is 2.09. The lowest BCUT2D eigenvalue weighted by atomic mass is 9.78. The van der Waals surface area contributed by atoms with Gasteiger partial charge < -0.3 is 15.6 Å². The van der Waals surface area contributed by atoms with Gasteiger partial charge in [-0.2, -0.15) is 0 Å². The Balaban J connectivity index is 2.67. The zero-order chi connectivity index (χ0) is 11.5. The highest BCUT2D eigenvalue weighted by atomic mass is 16.5. The van der Waals surface area contributed by atoms with Gasteiger partial charge in [-0.05, 0) is 25.7 Å². The number of aliphatic carboxylic acids is 1. The van der Waals surface area contributed by atoms with Crippen molar-refractivity contribution in [3.05, 3.63) is 0 Å². The Morgan fingerprint density at radius 2 is 2.27 bits per heavy atom. The van der Waals surface area contributed by atoms with E-state index in [9.17, 15) is 9.90 Å². The Morgan fingerprint density at radius 1 is 1.67 bits per heavy atom. The molecule has 1 aliphatic rings. The van der Waals surface area contributed by atoms with Crippen molar-refractivity contribution in [3.8, 4) is 0 Å². The number of rotatable bonds is 7. The van der Waals surface area contributed by atoms with Crippen molar-refractivity contribution in [2.45, 2.75) is 38.7 Å². The van der Waals surface area contributed by atoms with Gasteiger partial charge >= 0.3 is 5.97 Å². The number of nitrogens with two attached hydrogens (primary N) is 1. The average molecular weight is 215 g/mol. The fourth-order valence-electron chi connectivity index (χ4n) is 2.02. The molecule has 0 amide bonds. The topological polar surface area (TPSA) is 72.5 Å². The van der Waals surface area contributed by atoms with Gasteiger partial charge in [0.15, 0.2) is 0 Å². The van der Waals surface area contributed by atoms with Crippen LogP contribution < -0.4 is 5.73 Å². The third-order valence-corrected chi connectivity index (χ3v) is 3.30. The Morgan fingerprint density at radius 3 is 2.60 bits per heavy atom. The van der Waals surface area contributed by atoms with Gasteiger partial charge in [0.2, 0.25) is 0 Å². The third kappa shape index (κ3) is 3.18. The summed E-state index contributed by atoms with van der Waals surface area (Å²) in [5.41, 5.74) is 4.87. The molecule has 88 valence electrons. The summed E-state index contributed by atoms with van der Waals surface area (Å²) in [5, 5.41) is 9.31. The minimum atomic E-state index is -0.781. The molecule has 15 heavy (non-hydrogen) atoms. The van der Waals surface area contributed by atoms with Crippen molar-refractivity contribution >= 4 is 5.97 Å². The van der Waals surface area contributed by atoms with Gasteiger partial charge in [0.25, 0.3) is 0 Å². The number of hydrogen-bond donors (Lipinski definition) is 2. The highest BCUT2D eigenvalue weighted by Crippen LogP contribution is 2.42. The second-order valence-electron chi connectivity index (χ2n) is 4.69. The zero-order valence-corrected chi connectivity index (χ0v) is 9.53. The van der Waals surface area contributed by atoms with Gasteiger partial charge in [0, 0.05) is 13.7 Å². The van der Waals surface area contributed by atoms with E-state index in [4.69, 9.17) is 10.5 Å². The molecule has 0 aliphatic heterocycles. The van der Waals surface area contributed by atoms with E-state index < -0.39 is 11.4 Å². The maximum Gasteiger partial charge on any atom is 0.311 e. The first kappa shape index (κ1) is 12.5. The van der Waals surface area contributed by atoms with Crippen LogP contribution in [0.3, 0.4) is 0 Å². The predicted octanol–water partition coefficient (Wildman–Crippen LogP) is 1.24. The number of ether oxygens (including phenoxy) is 1. The summed E-state index contributed by atoms with van der Waals surface area (Å²) in [6.07, 6.45) is 3.45. The first-order valence-electron chi connectivity index (χ1n) is 5.50. The molecule has 0 radical (unpaired) electrons. The van der Waals surface area contributed by atoms with Crippen LogP contribution in [0.4, 0.5) is 0 Å². The van der Waals surface area contributed by atoms with Gasteiger partial charge in [0.05, 0.1) is 11.5 Å². The lowest BCUT2D eigenvalue weighted by Crippen LogP contribution is -2.41. The molecule has 0 saturated heterocycles. The molecule has 0 heterocycles. The number of hydrogen-bond acceptors (Lipinski definition) is 3. The number of carboxylic acids is 1. The molecular formula is C11H21NO3. The van der Waals surface area contributed by atoms with E-state index in [1.165, 1.54) is 0 Å². The second kappa shape index (κ2) is 4.94. The van der Waals surface area contributed by atoms with Crippen LogP contribution in [0, 0.1) is 11.3 Å². The van der Waals surface area contributed by atoms with Crippen molar-refractivity contribution in [1.29, 1.82) is 0 Å². The van der Waals surface area contributed by atoms with Crippen molar-refractivity contribution in [1.82, 2.24) is 0 Å². The molecule has 1 aliphatic carbocycles. The lowest BCUT2D eigenvalue weighted by molar-refractivity contribution is -0.151. The molecule has 1 fully saturated rings. The summed E-state index contributed by atoms with van der Waals surface area (Å²) < 4.78 is 5.14. The molecule has 1 saturated carbocycles. The standard InChI is InChI=1S/C11H21NO3/c1-8(15-2)5-11(7-12,10(13)14)6-9-3-4-9/h8-9H,3-7,12H2,1-2H3,(H,13,14). The van der Waals surface area contributed by atoms with E-state index >= 15 is 0 Å². The van der Waals surface area contributed by atoms with Gasteiger partial charge in [0.1, 0.15) is 0 Å². The van der Waals surface area contributed by atoms with Crippen molar-refractivity contribution in [2.75, 3.05) is 13.7 Å². The van der Waals surface area contributed by atoms with E-state index in [0.717, 1.165) is 12.8 Å². The average Bonchev–Trinajstić information content (AvgIpc) is 2.99. The molecule has 0 aromatic heterocycles. The van der Waals surface area contributed by atoms with Crippen LogP contribution in [0.25, 0.3) is 0 Å². The van der Waals surface area contributed by atoms with Gasteiger partial charge in [-0.3, -0.25) is 4.79 Å². The van der Waals surface area contributed by atoms with E-state index in [1.807, 2.05) is 6.92 Å². The molecule has 4 heteroatoms. The Kier molecular flexibility index (Phi) is 4.11. The van der Waals surface area contributed by atoms with Crippen molar-refractivity contribution < 1.29 is 14.6 Å². The van der Waals surface area contributed by atoms with Crippen LogP contribution in [0.2, 0.25) is 0 Å². The number of carbonyl (C=O) groups is 1. The van der Waals surface area contributed by atoms with Gasteiger partial charge in [-0.1, -0.05) is 12.8 Å². The molecular weight excluding hydrogens is 194 g/mol.